The summed E-state index contributed by atoms with van der Waals surface area (Å²) in [5.41, 5.74) is 1.58. The van der Waals surface area contributed by atoms with E-state index in [9.17, 15) is 4.79 Å². The van der Waals surface area contributed by atoms with Gasteiger partial charge in [0.1, 0.15) is 0 Å². The van der Waals surface area contributed by atoms with Crippen LogP contribution in [-0.4, -0.2) is 0 Å². The van der Waals surface area contributed by atoms with Gasteiger partial charge in [-0.3, -0.25) is 4.79 Å². The first-order valence-corrected chi connectivity index (χ1v) is 6.02. The normalized spacial score (nSPS) is 11.4. The maximum Gasteiger partial charge on any atom is 0.191 e. The molecule has 2 heteroatoms. The summed E-state index contributed by atoms with van der Waals surface area (Å²) >= 11 is 1.62. The predicted octanol–water partition coefficient (Wildman–Crippen LogP) is 4.13. The third-order valence-electron chi connectivity index (χ3n) is 2.28. The van der Waals surface area contributed by atoms with Crippen molar-refractivity contribution in [2.24, 2.45) is 0 Å². The molecule has 0 aliphatic carbocycles. The summed E-state index contributed by atoms with van der Waals surface area (Å²) in [6.07, 6.45) is 9.45. The lowest BCUT2D eigenvalue weighted by Crippen LogP contribution is -2.10. The maximum atomic E-state index is 12.1. The van der Waals surface area contributed by atoms with E-state index in [1.54, 1.807) is 17.4 Å². The number of allylic oxidation sites excluding steroid dienone is 2. The Balaban J connectivity index is 3.61. The fraction of sp³-hybridized carbons (Fsp3) is 0.214. The Morgan fingerprint density at radius 3 is 2.19 bits per heavy atom. The molecule has 0 aliphatic heterocycles. The first-order valence-electron chi connectivity index (χ1n) is 5.21. The fourth-order valence-corrected chi connectivity index (χ4v) is 2.63. The average molecular weight is 232 g/mol. The molecule has 0 saturated carbocycles. The molecular formula is C14H16OS. The monoisotopic (exact) mass is 232 g/mol. The second kappa shape index (κ2) is 5.61. The van der Waals surface area contributed by atoms with Gasteiger partial charge in [0.15, 0.2) is 5.43 Å². The topological polar surface area (TPSA) is 17.1 Å². The molecule has 1 rings (SSSR count). The molecule has 0 unspecified atom stereocenters. The second-order valence-electron chi connectivity index (χ2n) is 3.40. The molecule has 1 nitrogen and oxygen atoms in total. The Bertz CT molecular complexity index is 504. The maximum absolute atomic E-state index is 12.1. The summed E-state index contributed by atoms with van der Waals surface area (Å²) < 4.78 is 0. The van der Waals surface area contributed by atoms with Crippen molar-refractivity contribution in [2.75, 3.05) is 0 Å². The summed E-state index contributed by atoms with van der Waals surface area (Å²) in [6.45, 7) is 9.46. The van der Waals surface area contributed by atoms with Gasteiger partial charge in [-0.25, -0.2) is 0 Å². The van der Waals surface area contributed by atoms with Crippen molar-refractivity contribution >= 4 is 29.6 Å². The predicted molar refractivity (Wildman–Crippen MR) is 74.8 cm³/mol. The van der Waals surface area contributed by atoms with E-state index in [-0.39, 0.29) is 5.43 Å². The van der Waals surface area contributed by atoms with Gasteiger partial charge in [-0.2, -0.15) is 0 Å². The van der Waals surface area contributed by atoms with Crippen molar-refractivity contribution in [3.05, 3.63) is 49.8 Å². The van der Waals surface area contributed by atoms with Crippen molar-refractivity contribution in [3.8, 4) is 0 Å². The van der Waals surface area contributed by atoms with Gasteiger partial charge in [0.25, 0.3) is 0 Å². The average Bonchev–Trinajstić information content (AvgIpc) is 2.27. The molecular weight excluding hydrogens is 216 g/mol. The summed E-state index contributed by atoms with van der Waals surface area (Å²) in [5.74, 6) is 0. The quantitative estimate of drug-likeness (QED) is 0.766. The van der Waals surface area contributed by atoms with Crippen LogP contribution in [0.3, 0.4) is 0 Å². The van der Waals surface area contributed by atoms with E-state index < -0.39 is 0 Å². The Morgan fingerprint density at radius 1 is 1.12 bits per heavy atom. The Kier molecular flexibility index (Phi) is 4.44. The van der Waals surface area contributed by atoms with Crippen LogP contribution < -0.4 is 5.43 Å². The largest absolute Gasteiger partial charge is 0.289 e. The summed E-state index contributed by atoms with van der Waals surface area (Å²) in [6, 6.07) is 0. The highest BCUT2D eigenvalue weighted by Gasteiger charge is 2.08. The van der Waals surface area contributed by atoms with Crippen molar-refractivity contribution in [1.82, 2.24) is 0 Å². The van der Waals surface area contributed by atoms with Crippen molar-refractivity contribution < 1.29 is 0 Å². The van der Waals surface area contributed by atoms with E-state index in [0.29, 0.717) is 5.56 Å². The van der Waals surface area contributed by atoms with Gasteiger partial charge < -0.3 is 0 Å². The molecule has 0 amide bonds. The van der Waals surface area contributed by atoms with Crippen LogP contribution in [0.15, 0.2) is 23.5 Å². The second-order valence-corrected chi connectivity index (χ2v) is 4.49. The van der Waals surface area contributed by atoms with Gasteiger partial charge in [-0.1, -0.05) is 24.8 Å². The van der Waals surface area contributed by atoms with Crippen LogP contribution >= 0.6 is 11.3 Å². The van der Waals surface area contributed by atoms with Gasteiger partial charge in [0.05, 0.1) is 0 Å². The molecule has 0 bridgehead atoms. The van der Waals surface area contributed by atoms with Gasteiger partial charge >= 0.3 is 0 Å². The first-order chi connectivity index (χ1) is 7.65. The molecule has 1 heterocycles. The molecule has 0 aromatic carbocycles. The zero-order valence-corrected chi connectivity index (χ0v) is 10.7. The van der Waals surface area contributed by atoms with Crippen LogP contribution in [0.4, 0.5) is 0 Å². The number of hydrogen-bond acceptors (Lipinski definition) is 2. The van der Waals surface area contributed by atoms with Crippen molar-refractivity contribution in [3.63, 3.8) is 0 Å². The standard InChI is InChI=1S/C14H16OS/c1-5-8-12-10(4)14(15)11(7-3)13(16-12)9-6-2/h5-9H,3H2,1-2,4H3/b8-5-,9-6-. The third-order valence-corrected chi connectivity index (χ3v) is 3.52. The van der Waals surface area contributed by atoms with Gasteiger partial charge in [0, 0.05) is 20.9 Å². The van der Waals surface area contributed by atoms with Crippen LogP contribution in [0.25, 0.3) is 18.2 Å². The zero-order chi connectivity index (χ0) is 12.1. The Hall–Kier alpha value is -1.41. The van der Waals surface area contributed by atoms with E-state index in [1.807, 2.05) is 45.1 Å². The smallest absolute Gasteiger partial charge is 0.191 e. The lowest BCUT2D eigenvalue weighted by Gasteiger charge is -2.05. The van der Waals surface area contributed by atoms with E-state index in [0.717, 1.165) is 15.3 Å². The van der Waals surface area contributed by atoms with Crippen molar-refractivity contribution in [1.29, 1.82) is 0 Å². The molecule has 84 valence electrons. The molecule has 0 saturated heterocycles. The minimum atomic E-state index is 0.0787. The first kappa shape index (κ1) is 12.7. The Morgan fingerprint density at radius 2 is 1.69 bits per heavy atom. The molecule has 0 aliphatic rings. The van der Waals surface area contributed by atoms with E-state index in [1.165, 1.54) is 0 Å². The minimum absolute atomic E-state index is 0.0787. The van der Waals surface area contributed by atoms with Crippen LogP contribution in [0, 0.1) is 6.92 Å². The SMILES string of the molecule is C=Cc1c(/C=C\C)sc(/C=C\C)c(C)c1=O. The lowest BCUT2D eigenvalue weighted by atomic mass is 10.1. The zero-order valence-electron chi connectivity index (χ0n) is 9.91. The highest BCUT2D eigenvalue weighted by Crippen LogP contribution is 2.22. The van der Waals surface area contributed by atoms with Crippen LogP contribution in [0.5, 0.6) is 0 Å². The van der Waals surface area contributed by atoms with E-state index >= 15 is 0 Å². The van der Waals surface area contributed by atoms with Crippen LogP contribution in [-0.2, 0) is 0 Å². The van der Waals surface area contributed by atoms with E-state index in [2.05, 4.69) is 6.58 Å². The molecule has 0 N–H and O–H groups in total. The molecule has 0 radical (unpaired) electrons. The third kappa shape index (κ3) is 2.39. The van der Waals surface area contributed by atoms with Crippen molar-refractivity contribution in [2.45, 2.75) is 20.8 Å². The fourth-order valence-electron chi connectivity index (χ4n) is 1.45. The van der Waals surface area contributed by atoms with Crippen LogP contribution in [0.2, 0.25) is 0 Å². The molecule has 0 atom stereocenters. The molecule has 16 heavy (non-hydrogen) atoms. The number of hydrogen-bond donors (Lipinski definition) is 0. The van der Waals surface area contributed by atoms with Gasteiger partial charge in [0.2, 0.25) is 0 Å². The molecule has 0 fully saturated rings. The molecule has 0 spiro atoms. The van der Waals surface area contributed by atoms with Gasteiger partial charge in [-0.05, 0) is 32.9 Å². The Labute approximate surface area is 100 Å². The highest BCUT2D eigenvalue weighted by atomic mass is 32.1. The summed E-state index contributed by atoms with van der Waals surface area (Å²) in [4.78, 5) is 14.1. The van der Waals surface area contributed by atoms with Crippen LogP contribution in [0.1, 0.15) is 34.7 Å². The summed E-state index contributed by atoms with van der Waals surface area (Å²) in [5, 5.41) is 0. The summed E-state index contributed by atoms with van der Waals surface area (Å²) in [7, 11) is 0. The lowest BCUT2D eigenvalue weighted by molar-refractivity contribution is 1.40. The minimum Gasteiger partial charge on any atom is -0.289 e. The van der Waals surface area contributed by atoms with Gasteiger partial charge in [-0.15, -0.1) is 11.3 Å². The highest BCUT2D eigenvalue weighted by molar-refractivity contribution is 7.13. The molecule has 1 aromatic heterocycles. The number of rotatable bonds is 3. The molecule has 1 aromatic rings. The van der Waals surface area contributed by atoms with E-state index in [4.69, 9.17) is 0 Å².